The van der Waals surface area contributed by atoms with Gasteiger partial charge in [0, 0.05) is 0 Å². The Balaban J connectivity index is 0. The fraction of sp³-hybridized carbons (Fsp3) is 0.318. The summed E-state index contributed by atoms with van der Waals surface area (Å²) in [5, 5.41) is 7.12. The van der Waals surface area contributed by atoms with Crippen LogP contribution in [0.5, 0.6) is 0 Å². The normalized spacial score (nSPS) is 12.1. The first-order valence-corrected chi connectivity index (χ1v) is 9.00. The fourth-order valence-electron chi connectivity index (χ4n) is 1.57. The van der Waals surface area contributed by atoms with E-state index in [1.54, 1.807) is 42.5 Å². The molecule has 0 spiro atoms. The summed E-state index contributed by atoms with van der Waals surface area (Å²) in [6.45, 7) is 5.56. The van der Waals surface area contributed by atoms with Crippen LogP contribution in [0.15, 0.2) is 73.4 Å². The van der Waals surface area contributed by atoms with Crippen LogP contribution >= 0.6 is 0 Å². The van der Waals surface area contributed by atoms with Gasteiger partial charge < -0.3 is 5.11 Å². The number of ketones is 2. The molecule has 160 valence electrons. The van der Waals surface area contributed by atoms with Gasteiger partial charge in [-0.15, -0.1) is 0 Å². The van der Waals surface area contributed by atoms with E-state index in [9.17, 15) is 22.8 Å². The Labute approximate surface area is 169 Å². The highest BCUT2D eigenvalue weighted by Crippen LogP contribution is 2.13. The number of unbranched alkanes of at least 4 members (excludes halogenated alkanes) is 4. The number of hydrogen-bond donors (Lipinski definition) is 1. The lowest BCUT2D eigenvalue weighted by Crippen LogP contribution is -2.21. The second-order valence-corrected chi connectivity index (χ2v) is 5.55. The minimum atomic E-state index is -5.08. The lowest BCUT2D eigenvalue weighted by atomic mass is 10.1. The van der Waals surface area contributed by atoms with Gasteiger partial charge in [0.1, 0.15) is 0 Å². The predicted octanol–water partition coefficient (Wildman–Crippen LogP) is 5.70. The summed E-state index contributed by atoms with van der Waals surface area (Å²) in [7, 11) is 0. The largest absolute Gasteiger partial charge is 0.490 e. The molecule has 0 aliphatic heterocycles. The predicted molar refractivity (Wildman–Crippen MR) is 108 cm³/mol. The van der Waals surface area contributed by atoms with E-state index in [1.807, 2.05) is 6.08 Å². The first kappa shape index (κ1) is 28.3. The topological polar surface area (TPSA) is 71.4 Å². The van der Waals surface area contributed by atoms with Crippen LogP contribution < -0.4 is 0 Å². The number of carbonyl (C=O) groups is 3. The maximum atomic E-state index is 11.5. The molecule has 0 saturated carbocycles. The van der Waals surface area contributed by atoms with Gasteiger partial charge in [-0.25, -0.2) is 4.79 Å². The molecule has 0 radical (unpaired) electrons. The van der Waals surface area contributed by atoms with Gasteiger partial charge in [-0.3, -0.25) is 9.59 Å². The van der Waals surface area contributed by atoms with Crippen molar-refractivity contribution in [2.45, 2.75) is 45.2 Å². The van der Waals surface area contributed by atoms with Crippen molar-refractivity contribution >= 4 is 17.5 Å². The molecule has 0 atom stereocenters. The number of alkyl halides is 3. The monoisotopic (exact) mass is 412 g/mol. The van der Waals surface area contributed by atoms with E-state index in [0.717, 1.165) is 12.8 Å². The van der Waals surface area contributed by atoms with Gasteiger partial charge >= 0.3 is 12.1 Å². The molecular weight excluding hydrogens is 385 g/mol. The first-order valence-electron chi connectivity index (χ1n) is 9.00. The van der Waals surface area contributed by atoms with E-state index < -0.39 is 12.1 Å². The Morgan fingerprint density at radius 1 is 0.828 bits per heavy atom. The van der Waals surface area contributed by atoms with Gasteiger partial charge in [0.25, 0.3) is 0 Å². The van der Waals surface area contributed by atoms with Gasteiger partial charge in [-0.1, -0.05) is 75.3 Å². The number of carboxylic acid groups (broad SMARTS) is 1. The van der Waals surface area contributed by atoms with Crippen molar-refractivity contribution < 1.29 is 32.7 Å². The van der Waals surface area contributed by atoms with E-state index in [0.29, 0.717) is 0 Å². The second kappa shape index (κ2) is 18.4. The summed E-state index contributed by atoms with van der Waals surface area (Å²) in [5.41, 5.74) is 0. The number of hydrogen-bond acceptors (Lipinski definition) is 3. The third-order valence-corrected chi connectivity index (χ3v) is 3.03. The van der Waals surface area contributed by atoms with Gasteiger partial charge in [0.05, 0.1) is 0 Å². The molecule has 0 fully saturated rings. The summed E-state index contributed by atoms with van der Waals surface area (Å²) in [5.74, 6) is -2.88. The molecule has 29 heavy (non-hydrogen) atoms. The number of halogens is 3. The average molecular weight is 412 g/mol. The number of rotatable bonds is 12. The van der Waals surface area contributed by atoms with Crippen LogP contribution in [-0.4, -0.2) is 28.8 Å². The highest BCUT2D eigenvalue weighted by molar-refractivity contribution is 5.99. The van der Waals surface area contributed by atoms with Gasteiger partial charge in [0.2, 0.25) is 0 Å². The average Bonchev–Trinajstić information content (AvgIpc) is 2.66. The number of carboxylic acids is 1. The number of aliphatic carboxylic acids is 1. The summed E-state index contributed by atoms with van der Waals surface area (Å²) in [6.07, 6.45) is 19.0. The van der Waals surface area contributed by atoms with Gasteiger partial charge in [-0.2, -0.15) is 13.2 Å². The third kappa shape index (κ3) is 23.0. The van der Waals surface area contributed by atoms with E-state index in [4.69, 9.17) is 9.90 Å². The van der Waals surface area contributed by atoms with Gasteiger partial charge in [-0.05, 0) is 37.1 Å². The maximum absolute atomic E-state index is 11.5. The minimum absolute atomic E-state index is 0.000552. The maximum Gasteiger partial charge on any atom is 0.490 e. The Hall–Kier alpha value is -2.96. The van der Waals surface area contributed by atoms with E-state index in [1.165, 1.54) is 37.5 Å². The fourth-order valence-corrected chi connectivity index (χ4v) is 1.57. The lowest BCUT2D eigenvalue weighted by Gasteiger charge is -1.93. The van der Waals surface area contributed by atoms with Crippen molar-refractivity contribution in [1.29, 1.82) is 0 Å². The molecule has 7 heteroatoms. The Bertz CT molecular complexity index is 651. The summed E-state index contributed by atoms with van der Waals surface area (Å²) >= 11 is 0. The lowest BCUT2D eigenvalue weighted by molar-refractivity contribution is -0.192. The van der Waals surface area contributed by atoms with Crippen LogP contribution in [-0.2, 0) is 14.4 Å². The number of allylic oxidation sites excluding steroid dienone is 11. The van der Waals surface area contributed by atoms with Crippen molar-refractivity contribution in [3.8, 4) is 0 Å². The Morgan fingerprint density at radius 2 is 1.31 bits per heavy atom. The second-order valence-electron chi connectivity index (χ2n) is 5.55. The molecule has 0 rings (SSSR count). The molecule has 1 N–H and O–H groups in total. The Morgan fingerprint density at radius 3 is 1.76 bits per heavy atom. The molecule has 0 unspecified atom stereocenters. The molecular formula is C22H27F3O4. The molecule has 0 aromatic rings. The van der Waals surface area contributed by atoms with Crippen molar-refractivity contribution in [2.75, 3.05) is 0 Å². The van der Waals surface area contributed by atoms with Crippen molar-refractivity contribution in [1.82, 2.24) is 0 Å². The molecule has 0 amide bonds. The van der Waals surface area contributed by atoms with E-state index >= 15 is 0 Å². The van der Waals surface area contributed by atoms with Crippen LogP contribution in [0.3, 0.4) is 0 Å². The van der Waals surface area contributed by atoms with Crippen LogP contribution in [0.25, 0.3) is 0 Å². The molecule has 0 bridgehead atoms. The van der Waals surface area contributed by atoms with Crippen LogP contribution in [0.4, 0.5) is 13.2 Å². The van der Waals surface area contributed by atoms with Crippen LogP contribution in [0.1, 0.15) is 39.0 Å². The van der Waals surface area contributed by atoms with E-state index in [-0.39, 0.29) is 11.6 Å². The van der Waals surface area contributed by atoms with Crippen LogP contribution in [0.2, 0.25) is 0 Å². The third-order valence-electron chi connectivity index (χ3n) is 3.03. The SMILES string of the molecule is C=CC(=O)C=CC=CC=CC=CC(=O)C=CCCCCCC.O=C(O)C(F)(F)F. The van der Waals surface area contributed by atoms with Gasteiger partial charge in [0.15, 0.2) is 11.6 Å². The quantitative estimate of drug-likeness (QED) is 0.254. The van der Waals surface area contributed by atoms with E-state index in [2.05, 4.69) is 13.5 Å². The molecule has 0 aromatic carbocycles. The summed E-state index contributed by atoms with van der Waals surface area (Å²) in [4.78, 5) is 31.3. The molecule has 0 heterocycles. The van der Waals surface area contributed by atoms with Crippen molar-refractivity contribution in [3.63, 3.8) is 0 Å². The minimum Gasteiger partial charge on any atom is -0.475 e. The van der Waals surface area contributed by atoms with Crippen LogP contribution in [0, 0.1) is 0 Å². The molecule has 0 aromatic heterocycles. The molecule has 0 aliphatic carbocycles. The smallest absolute Gasteiger partial charge is 0.475 e. The highest BCUT2D eigenvalue weighted by Gasteiger charge is 2.38. The molecule has 4 nitrogen and oxygen atoms in total. The highest BCUT2D eigenvalue weighted by atomic mass is 19.4. The summed E-state index contributed by atoms with van der Waals surface area (Å²) < 4.78 is 31.7. The van der Waals surface area contributed by atoms with Crippen molar-refractivity contribution in [3.05, 3.63) is 73.4 Å². The first-order chi connectivity index (χ1) is 13.6. The number of carbonyl (C=O) groups excluding carboxylic acids is 2. The summed E-state index contributed by atoms with van der Waals surface area (Å²) in [6, 6.07) is 0. The van der Waals surface area contributed by atoms with Crippen molar-refractivity contribution in [2.24, 2.45) is 0 Å². The molecule has 0 saturated heterocycles. The molecule has 0 aliphatic rings. The zero-order chi connectivity index (χ0) is 22.5. The zero-order valence-electron chi connectivity index (χ0n) is 16.4. The Kier molecular flexibility index (Phi) is 17.9. The zero-order valence-corrected chi connectivity index (χ0v) is 16.4. The standard InChI is InChI=1S/C20H26O2.C2HF3O2/c1-3-5-6-7-10-14-17-20(22)18-15-12-9-8-11-13-16-19(21)4-2;3-2(4,5)1(6)7/h4,8-9,11-18H,2-3,5-7,10H2,1H3;(H,6,7).